The van der Waals surface area contributed by atoms with E-state index in [4.69, 9.17) is 27.4 Å². The van der Waals surface area contributed by atoms with E-state index in [9.17, 15) is 0 Å². The van der Waals surface area contributed by atoms with Crippen LogP contribution >= 0.6 is 22.2 Å². The molecule has 0 amide bonds. The number of hydrogen-bond acceptors (Lipinski definition) is 1. The first-order valence-electron chi connectivity index (χ1n) is 3.83. The van der Waals surface area contributed by atoms with Crippen LogP contribution in [0.2, 0.25) is 0 Å². The Morgan fingerprint density at radius 1 is 1.38 bits per heavy atom. The van der Waals surface area contributed by atoms with E-state index >= 15 is 0 Å². The largest absolute Gasteiger partial charge is 0.307 e. The summed E-state index contributed by atoms with van der Waals surface area (Å²) in [6, 6.07) is 9.74. The standard InChI is InChI=1S/C9H8Cl2NSi/c1-7(6-12)8-4-2-3-5-9(8)13(10)11/h2-5,7H,1H3. The summed E-state index contributed by atoms with van der Waals surface area (Å²) >= 11 is 11.7. The van der Waals surface area contributed by atoms with Gasteiger partial charge in [0.25, 0.3) is 0 Å². The Hall–Kier alpha value is -0.493. The molecule has 0 heterocycles. The number of benzene rings is 1. The number of hydrogen-bond donors (Lipinski definition) is 0. The summed E-state index contributed by atoms with van der Waals surface area (Å²) in [6.07, 6.45) is 0. The van der Waals surface area contributed by atoms with Crippen molar-refractivity contribution in [1.82, 2.24) is 0 Å². The quantitative estimate of drug-likeness (QED) is 0.564. The zero-order valence-corrected chi connectivity index (χ0v) is 9.60. The highest BCUT2D eigenvalue weighted by atomic mass is 35.7. The van der Waals surface area contributed by atoms with Gasteiger partial charge in [-0.1, -0.05) is 24.3 Å². The molecule has 0 aliphatic rings. The van der Waals surface area contributed by atoms with E-state index in [1.54, 1.807) is 0 Å². The smallest absolute Gasteiger partial charge is 0.198 e. The molecule has 0 bridgehead atoms. The van der Waals surface area contributed by atoms with Gasteiger partial charge in [0.1, 0.15) is 0 Å². The summed E-state index contributed by atoms with van der Waals surface area (Å²) in [5.74, 6) is -0.145. The van der Waals surface area contributed by atoms with Crippen LogP contribution in [0, 0.1) is 11.3 Å². The van der Waals surface area contributed by atoms with Crippen LogP contribution in [-0.4, -0.2) is 7.42 Å². The maximum Gasteiger partial charge on any atom is 0.307 e. The molecular formula is C9H8Cl2NSi. The molecule has 0 saturated heterocycles. The van der Waals surface area contributed by atoms with Crippen LogP contribution in [0.5, 0.6) is 0 Å². The normalized spacial score (nSPS) is 12.5. The van der Waals surface area contributed by atoms with Crippen LogP contribution in [0.4, 0.5) is 0 Å². The predicted octanol–water partition coefficient (Wildman–Crippen LogP) is 2.49. The minimum absolute atomic E-state index is 0.145. The third kappa shape index (κ3) is 2.47. The summed E-state index contributed by atoms with van der Waals surface area (Å²) in [6.45, 7) is 1.84. The minimum atomic E-state index is -1.50. The summed E-state index contributed by atoms with van der Waals surface area (Å²) in [4.78, 5) is 0. The van der Waals surface area contributed by atoms with Crippen LogP contribution < -0.4 is 5.19 Å². The van der Waals surface area contributed by atoms with Crippen molar-refractivity contribution in [3.8, 4) is 6.07 Å². The Morgan fingerprint density at radius 3 is 2.54 bits per heavy atom. The Balaban J connectivity index is 3.13. The topological polar surface area (TPSA) is 23.8 Å². The highest BCUT2D eigenvalue weighted by Gasteiger charge is 2.15. The zero-order valence-electron chi connectivity index (χ0n) is 7.09. The molecule has 0 aliphatic carbocycles. The van der Waals surface area contributed by atoms with Gasteiger partial charge in [-0.05, 0) is 17.7 Å². The molecule has 1 aromatic rings. The molecule has 1 rings (SSSR count). The Kier molecular flexibility index (Phi) is 3.80. The van der Waals surface area contributed by atoms with Crippen LogP contribution in [0.25, 0.3) is 0 Å². The average molecular weight is 229 g/mol. The van der Waals surface area contributed by atoms with Crippen molar-refractivity contribution in [3.05, 3.63) is 29.8 Å². The fraction of sp³-hybridized carbons (Fsp3) is 0.222. The lowest BCUT2D eigenvalue weighted by Crippen LogP contribution is -2.23. The molecule has 0 aromatic heterocycles. The van der Waals surface area contributed by atoms with E-state index in [-0.39, 0.29) is 5.92 Å². The van der Waals surface area contributed by atoms with Crippen LogP contribution in [0.1, 0.15) is 18.4 Å². The monoisotopic (exact) mass is 228 g/mol. The highest BCUT2D eigenvalue weighted by Crippen LogP contribution is 2.13. The fourth-order valence-electron chi connectivity index (χ4n) is 1.12. The third-order valence-corrected chi connectivity index (χ3v) is 3.91. The molecule has 4 heteroatoms. The molecule has 0 spiro atoms. The molecule has 0 fully saturated rings. The summed E-state index contributed by atoms with van der Waals surface area (Å²) < 4.78 is 0. The maximum absolute atomic E-state index is 8.77. The van der Waals surface area contributed by atoms with Gasteiger partial charge in [0.15, 0.2) is 0 Å². The molecule has 1 radical (unpaired) electrons. The first kappa shape index (κ1) is 10.6. The van der Waals surface area contributed by atoms with E-state index in [1.165, 1.54) is 0 Å². The minimum Gasteiger partial charge on any atom is -0.198 e. The molecule has 67 valence electrons. The summed E-state index contributed by atoms with van der Waals surface area (Å²) in [5, 5.41) is 9.69. The Morgan fingerprint density at radius 2 is 2.00 bits per heavy atom. The van der Waals surface area contributed by atoms with Crippen molar-refractivity contribution in [3.63, 3.8) is 0 Å². The lowest BCUT2D eigenvalue weighted by atomic mass is 10.0. The first-order chi connectivity index (χ1) is 6.16. The van der Waals surface area contributed by atoms with E-state index in [0.29, 0.717) is 0 Å². The van der Waals surface area contributed by atoms with E-state index in [2.05, 4.69) is 6.07 Å². The molecule has 13 heavy (non-hydrogen) atoms. The Labute approximate surface area is 88.9 Å². The van der Waals surface area contributed by atoms with E-state index in [0.717, 1.165) is 10.8 Å². The van der Waals surface area contributed by atoms with Crippen LogP contribution in [0.15, 0.2) is 24.3 Å². The van der Waals surface area contributed by atoms with Crippen molar-refractivity contribution in [2.75, 3.05) is 0 Å². The van der Waals surface area contributed by atoms with Gasteiger partial charge in [-0.2, -0.15) is 5.26 Å². The summed E-state index contributed by atoms with van der Waals surface area (Å²) in [5.41, 5.74) is 0.948. The predicted molar refractivity (Wildman–Crippen MR) is 57.6 cm³/mol. The maximum atomic E-state index is 8.77. The fourth-order valence-corrected chi connectivity index (χ4v) is 2.89. The van der Waals surface area contributed by atoms with Crippen molar-refractivity contribution < 1.29 is 0 Å². The van der Waals surface area contributed by atoms with Gasteiger partial charge in [-0.3, -0.25) is 0 Å². The summed E-state index contributed by atoms with van der Waals surface area (Å²) in [7, 11) is -1.50. The van der Waals surface area contributed by atoms with Gasteiger partial charge in [-0.25, -0.2) is 0 Å². The number of halogens is 2. The lowest BCUT2D eigenvalue weighted by molar-refractivity contribution is 0.990. The number of nitriles is 1. The number of nitrogens with zero attached hydrogens (tertiary/aromatic N) is 1. The van der Waals surface area contributed by atoms with Gasteiger partial charge >= 0.3 is 7.42 Å². The molecule has 1 nitrogen and oxygen atoms in total. The van der Waals surface area contributed by atoms with Gasteiger partial charge in [0.2, 0.25) is 0 Å². The van der Waals surface area contributed by atoms with Gasteiger partial charge in [-0.15, -0.1) is 22.2 Å². The van der Waals surface area contributed by atoms with Crippen molar-refractivity contribution in [2.45, 2.75) is 12.8 Å². The van der Waals surface area contributed by atoms with Crippen molar-refractivity contribution in [2.24, 2.45) is 0 Å². The second kappa shape index (κ2) is 4.66. The third-order valence-electron chi connectivity index (χ3n) is 1.82. The average Bonchev–Trinajstić information content (AvgIpc) is 2.16. The molecule has 1 atom stereocenters. The van der Waals surface area contributed by atoms with Gasteiger partial charge in [0.05, 0.1) is 12.0 Å². The van der Waals surface area contributed by atoms with E-state index in [1.807, 2.05) is 31.2 Å². The molecular weight excluding hydrogens is 221 g/mol. The Bertz CT molecular complexity index is 333. The molecule has 1 unspecified atom stereocenters. The first-order valence-corrected chi connectivity index (χ1v) is 7.36. The zero-order chi connectivity index (χ0) is 9.84. The lowest BCUT2D eigenvalue weighted by Gasteiger charge is -2.09. The molecule has 1 aromatic carbocycles. The number of rotatable bonds is 2. The second-order valence-corrected chi connectivity index (χ2v) is 6.61. The van der Waals surface area contributed by atoms with Gasteiger partial charge < -0.3 is 0 Å². The second-order valence-electron chi connectivity index (χ2n) is 2.70. The molecule has 0 aliphatic heterocycles. The van der Waals surface area contributed by atoms with Crippen LogP contribution in [-0.2, 0) is 0 Å². The molecule has 0 N–H and O–H groups in total. The highest BCUT2D eigenvalue weighted by molar-refractivity contribution is 7.39. The van der Waals surface area contributed by atoms with Crippen molar-refractivity contribution >= 4 is 34.8 Å². The van der Waals surface area contributed by atoms with Gasteiger partial charge in [0, 0.05) is 0 Å². The van der Waals surface area contributed by atoms with Crippen molar-refractivity contribution in [1.29, 1.82) is 5.26 Å². The van der Waals surface area contributed by atoms with E-state index < -0.39 is 7.42 Å². The SMILES string of the molecule is CC(C#N)c1ccccc1[Si](Cl)Cl. The molecule has 0 saturated carbocycles. The van der Waals surface area contributed by atoms with Crippen LogP contribution in [0.3, 0.4) is 0 Å².